The normalized spacial score (nSPS) is 10.7. The molecule has 0 fully saturated rings. The average molecular weight is 279 g/mol. The number of hydrogen-bond donors (Lipinski definition) is 0. The maximum absolute atomic E-state index is 5.80. The van der Waals surface area contributed by atoms with Gasteiger partial charge in [-0.05, 0) is 22.0 Å². The average Bonchev–Trinajstić information content (AvgIpc) is 2.09. The van der Waals surface area contributed by atoms with Crippen LogP contribution < -0.4 is 0 Å². The van der Waals surface area contributed by atoms with Gasteiger partial charge in [0.25, 0.3) is 0 Å². The van der Waals surface area contributed by atoms with Crippen molar-refractivity contribution in [2.75, 3.05) is 0 Å². The van der Waals surface area contributed by atoms with Crippen molar-refractivity contribution in [3.8, 4) is 0 Å². The van der Waals surface area contributed by atoms with Crippen molar-refractivity contribution in [1.82, 2.24) is 15.2 Å². The van der Waals surface area contributed by atoms with E-state index in [1.165, 1.54) is 6.20 Å². The lowest BCUT2D eigenvalue weighted by Crippen LogP contribution is -1.87. The van der Waals surface area contributed by atoms with Crippen LogP contribution in [0.25, 0.3) is 10.9 Å². The fourth-order valence-electron chi connectivity index (χ4n) is 0.931. The van der Waals surface area contributed by atoms with Gasteiger partial charge in [0.05, 0.1) is 16.2 Å². The van der Waals surface area contributed by atoms with Gasteiger partial charge in [-0.3, -0.25) is 0 Å². The molecule has 0 aliphatic carbocycles. The highest BCUT2D eigenvalue weighted by atomic mass is 79.9. The minimum Gasteiger partial charge on any atom is -0.233 e. The fraction of sp³-hybridized carbons (Fsp3) is 0. The van der Waals surface area contributed by atoms with E-state index in [1.807, 2.05) is 0 Å². The molecule has 3 nitrogen and oxygen atoms in total. The zero-order valence-electron chi connectivity index (χ0n) is 6.13. The minimum absolute atomic E-state index is 0.322. The molecule has 0 N–H and O–H groups in total. The molecule has 0 aliphatic heterocycles. The Balaban J connectivity index is 2.89. The Morgan fingerprint density at radius 1 is 1.23 bits per heavy atom. The Morgan fingerprint density at radius 3 is 2.77 bits per heavy atom. The zero-order chi connectivity index (χ0) is 9.42. The van der Waals surface area contributed by atoms with E-state index < -0.39 is 0 Å². The Morgan fingerprint density at radius 2 is 2.00 bits per heavy atom. The summed E-state index contributed by atoms with van der Waals surface area (Å²) in [5.74, 6) is 0. The Bertz CT molecular complexity index is 474. The molecule has 0 saturated carbocycles. The second-order valence-electron chi connectivity index (χ2n) is 2.33. The van der Waals surface area contributed by atoms with Crippen LogP contribution in [0.3, 0.4) is 0 Å². The summed E-state index contributed by atoms with van der Waals surface area (Å²) >= 11 is 14.8. The van der Waals surface area contributed by atoms with E-state index in [9.17, 15) is 0 Å². The second-order valence-corrected chi connectivity index (χ2v) is 3.90. The van der Waals surface area contributed by atoms with Crippen LogP contribution in [0.4, 0.5) is 0 Å². The molecule has 0 spiro atoms. The quantitative estimate of drug-likeness (QED) is 0.695. The van der Waals surface area contributed by atoms with Gasteiger partial charge in [0.2, 0.25) is 0 Å². The summed E-state index contributed by atoms with van der Waals surface area (Å²) in [5, 5.41) is 8.79. The molecule has 13 heavy (non-hydrogen) atoms. The summed E-state index contributed by atoms with van der Waals surface area (Å²) in [4.78, 5) is 4.07. The molecule has 0 amide bonds. The molecular weight excluding hydrogens is 277 g/mol. The van der Waals surface area contributed by atoms with Crippen LogP contribution in [0.5, 0.6) is 0 Å². The van der Waals surface area contributed by atoms with Gasteiger partial charge in [-0.15, -0.1) is 5.10 Å². The molecule has 0 atom stereocenters. The summed E-state index contributed by atoms with van der Waals surface area (Å²) in [6.45, 7) is 0. The molecule has 6 heteroatoms. The fourth-order valence-corrected chi connectivity index (χ4v) is 1.59. The van der Waals surface area contributed by atoms with E-state index in [0.29, 0.717) is 20.3 Å². The summed E-state index contributed by atoms with van der Waals surface area (Å²) in [7, 11) is 0. The largest absolute Gasteiger partial charge is 0.233 e. The zero-order valence-corrected chi connectivity index (χ0v) is 9.23. The number of pyridine rings is 1. The molecule has 0 radical (unpaired) electrons. The summed E-state index contributed by atoms with van der Waals surface area (Å²) < 4.78 is 0.691. The van der Waals surface area contributed by atoms with Crippen LogP contribution in [-0.4, -0.2) is 15.2 Å². The molecular formula is C7H2BrCl2N3. The highest BCUT2D eigenvalue weighted by Crippen LogP contribution is 2.27. The Hall–Kier alpha value is -0.450. The number of rotatable bonds is 0. The first kappa shape index (κ1) is 9.12. The SMILES string of the molecule is Clc1nc2cnnc(Cl)c2cc1Br. The lowest BCUT2D eigenvalue weighted by atomic mass is 10.3. The molecule has 0 unspecified atom stereocenters. The first-order chi connectivity index (χ1) is 6.18. The van der Waals surface area contributed by atoms with Crippen LogP contribution in [0, 0.1) is 0 Å². The Labute approximate surface area is 92.2 Å². The number of nitrogens with zero attached hydrogens (tertiary/aromatic N) is 3. The van der Waals surface area contributed by atoms with Gasteiger partial charge >= 0.3 is 0 Å². The third kappa shape index (κ3) is 1.61. The summed E-state index contributed by atoms with van der Waals surface area (Å²) in [6.07, 6.45) is 1.51. The molecule has 2 aromatic heterocycles. The maximum Gasteiger partial charge on any atom is 0.161 e. The monoisotopic (exact) mass is 277 g/mol. The van der Waals surface area contributed by atoms with Gasteiger partial charge in [-0.1, -0.05) is 23.2 Å². The van der Waals surface area contributed by atoms with E-state index in [-0.39, 0.29) is 0 Å². The lowest BCUT2D eigenvalue weighted by Gasteiger charge is -1.99. The standard InChI is InChI=1S/C7H2BrCl2N3/c8-4-1-3-5(12-7(4)10)2-11-13-6(3)9/h1-2H. The van der Waals surface area contributed by atoms with Gasteiger partial charge in [-0.2, -0.15) is 5.10 Å². The summed E-state index contributed by atoms with van der Waals surface area (Å²) in [5.41, 5.74) is 0.633. The predicted octanol–water partition coefficient (Wildman–Crippen LogP) is 3.09. The van der Waals surface area contributed by atoms with Crippen molar-refractivity contribution < 1.29 is 0 Å². The van der Waals surface area contributed by atoms with Crippen LogP contribution in [0.1, 0.15) is 0 Å². The van der Waals surface area contributed by atoms with E-state index in [1.54, 1.807) is 6.07 Å². The van der Waals surface area contributed by atoms with Crippen molar-refractivity contribution in [3.63, 3.8) is 0 Å². The van der Waals surface area contributed by atoms with Gasteiger partial charge in [0, 0.05) is 5.39 Å². The first-order valence-electron chi connectivity index (χ1n) is 3.31. The minimum atomic E-state index is 0.322. The molecule has 2 heterocycles. The third-order valence-corrected chi connectivity index (χ3v) is 2.91. The topological polar surface area (TPSA) is 38.7 Å². The van der Waals surface area contributed by atoms with Gasteiger partial charge in [0.15, 0.2) is 5.15 Å². The van der Waals surface area contributed by atoms with Gasteiger partial charge in [0.1, 0.15) is 5.15 Å². The number of fused-ring (bicyclic) bond motifs is 1. The van der Waals surface area contributed by atoms with Crippen molar-refractivity contribution in [3.05, 3.63) is 27.0 Å². The van der Waals surface area contributed by atoms with E-state index >= 15 is 0 Å². The predicted molar refractivity (Wildman–Crippen MR) is 55.1 cm³/mol. The third-order valence-electron chi connectivity index (χ3n) is 1.51. The number of halogens is 3. The van der Waals surface area contributed by atoms with E-state index in [2.05, 4.69) is 31.1 Å². The molecule has 0 bridgehead atoms. The lowest BCUT2D eigenvalue weighted by molar-refractivity contribution is 1.04. The molecule has 0 aliphatic rings. The molecule has 0 saturated heterocycles. The van der Waals surface area contributed by atoms with Gasteiger partial charge in [-0.25, -0.2) is 4.98 Å². The van der Waals surface area contributed by atoms with Crippen LogP contribution in [0.2, 0.25) is 10.3 Å². The molecule has 2 aromatic rings. The van der Waals surface area contributed by atoms with E-state index in [4.69, 9.17) is 23.2 Å². The molecule has 0 aromatic carbocycles. The second kappa shape index (κ2) is 3.36. The van der Waals surface area contributed by atoms with Crippen LogP contribution >= 0.6 is 39.1 Å². The first-order valence-corrected chi connectivity index (χ1v) is 4.86. The van der Waals surface area contributed by atoms with Gasteiger partial charge < -0.3 is 0 Å². The number of aromatic nitrogens is 3. The number of hydrogen-bond acceptors (Lipinski definition) is 3. The Kier molecular flexibility index (Phi) is 2.36. The van der Waals surface area contributed by atoms with Crippen LogP contribution in [0.15, 0.2) is 16.7 Å². The smallest absolute Gasteiger partial charge is 0.161 e. The summed E-state index contributed by atoms with van der Waals surface area (Å²) in [6, 6.07) is 1.77. The maximum atomic E-state index is 5.80. The van der Waals surface area contributed by atoms with Crippen LogP contribution in [-0.2, 0) is 0 Å². The molecule has 66 valence electrons. The van der Waals surface area contributed by atoms with Crippen molar-refractivity contribution >= 4 is 50.0 Å². The van der Waals surface area contributed by atoms with Crippen molar-refractivity contribution in [2.24, 2.45) is 0 Å². The molecule has 2 rings (SSSR count). The van der Waals surface area contributed by atoms with Crippen molar-refractivity contribution in [1.29, 1.82) is 0 Å². The van der Waals surface area contributed by atoms with Crippen molar-refractivity contribution in [2.45, 2.75) is 0 Å². The van der Waals surface area contributed by atoms with E-state index in [0.717, 1.165) is 5.39 Å². The highest BCUT2D eigenvalue weighted by molar-refractivity contribution is 9.10. The highest BCUT2D eigenvalue weighted by Gasteiger charge is 2.05.